The molecular weight excluding hydrogens is 487 g/mol. The molecule has 0 saturated carbocycles. The molecule has 0 unspecified atom stereocenters. The molecular formula is C29H35FN4O4. The summed E-state index contributed by atoms with van der Waals surface area (Å²) >= 11 is 0. The zero-order valence-corrected chi connectivity index (χ0v) is 22.6. The molecule has 2 aliphatic rings. The molecule has 2 aromatic rings. The number of likely N-dealkylation sites (N-methyl/N-ethyl adjacent to an activating group) is 1. The molecule has 1 N–H and O–H groups in total. The van der Waals surface area contributed by atoms with Gasteiger partial charge in [0.05, 0.1) is 23.8 Å². The summed E-state index contributed by atoms with van der Waals surface area (Å²) in [6.07, 6.45) is 0. The van der Waals surface area contributed by atoms with E-state index in [0.29, 0.717) is 37.4 Å². The summed E-state index contributed by atoms with van der Waals surface area (Å²) in [5.41, 5.74) is 3.86. The Morgan fingerprint density at radius 3 is 2.55 bits per heavy atom. The summed E-state index contributed by atoms with van der Waals surface area (Å²) in [5, 5.41) is 2.98. The van der Waals surface area contributed by atoms with Crippen molar-refractivity contribution in [2.45, 2.75) is 39.8 Å². The number of urea groups is 1. The maximum absolute atomic E-state index is 14.2. The number of amides is 3. The highest BCUT2D eigenvalue weighted by Crippen LogP contribution is 2.34. The lowest BCUT2D eigenvalue weighted by Gasteiger charge is -2.42. The standard InChI is InChI=1S/C29H35FN4O4/c1-6-38-28(36)25-24(32(5)29(37)31-26(25)22-15-18(2)11-12-19(22)3)17-33-13-14-34(20(4)16-33)27(35)21-9-7-8-10-23(21)30/h7-12,15,20,26H,6,13-14,16-17H2,1-5H3,(H,31,37)/t20-,26+/m0/s1. The molecule has 202 valence electrons. The third-order valence-electron chi connectivity index (χ3n) is 7.27. The monoisotopic (exact) mass is 522 g/mol. The number of hydrogen-bond acceptors (Lipinski definition) is 5. The molecule has 1 saturated heterocycles. The lowest BCUT2D eigenvalue weighted by atomic mass is 9.90. The lowest BCUT2D eigenvalue weighted by molar-refractivity contribution is -0.139. The van der Waals surface area contributed by atoms with Crippen molar-refractivity contribution < 1.29 is 23.5 Å². The van der Waals surface area contributed by atoms with Crippen molar-refractivity contribution in [3.05, 3.63) is 81.8 Å². The van der Waals surface area contributed by atoms with Gasteiger partial charge in [0.25, 0.3) is 5.91 Å². The molecule has 3 amide bonds. The van der Waals surface area contributed by atoms with Crippen LogP contribution in [0.1, 0.15) is 46.9 Å². The van der Waals surface area contributed by atoms with Crippen LogP contribution in [-0.4, -0.2) is 78.5 Å². The highest BCUT2D eigenvalue weighted by molar-refractivity contribution is 5.96. The molecule has 0 aliphatic carbocycles. The number of piperazine rings is 1. The maximum Gasteiger partial charge on any atom is 0.338 e. The Balaban J connectivity index is 1.64. The van der Waals surface area contributed by atoms with Crippen LogP contribution in [0, 0.1) is 19.7 Å². The van der Waals surface area contributed by atoms with Gasteiger partial charge in [0, 0.05) is 45.0 Å². The number of carbonyl (C=O) groups is 3. The minimum atomic E-state index is -0.644. The van der Waals surface area contributed by atoms with Crippen molar-refractivity contribution >= 4 is 17.9 Å². The van der Waals surface area contributed by atoms with E-state index >= 15 is 0 Å². The predicted octanol–water partition coefficient (Wildman–Crippen LogP) is 3.80. The number of rotatable bonds is 6. The van der Waals surface area contributed by atoms with Crippen LogP contribution in [-0.2, 0) is 9.53 Å². The first-order valence-corrected chi connectivity index (χ1v) is 12.9. The molecule has 9 heteroatoms. The van der Waals surface area contributed by atoms with Gasteiger partial charge in [0.2, 0.25) is 0 Å². The van der Waals surface area contributed by atoms with E-state index in [1.165, 1.54) is 17.0 Å². The van der Waals surface area contributed by atoms with Crippen LogP contribution in [0.4, 0.5) is 9.18 Å². The molecule has 1 fully saturated rings. The highest BCUT2D eigenvalue weighted by atomic mass is 19.1. The molecule has 0 radical (unpaired) electrons. The topological polar surface area (TPSA) is 82.2 Å². The van der Waals surface area contributed by atoms with E-state index in [2.05, 4.69) is 10.2 Å². The average Bonchev–Trinajstić information content (AvgIpc) is 2.88. The third kappa shape index (κ3) is 5.43. The van der Waals surface area contributed by atoms with Crippen LogP contribution in [0.2, 0.25) is 0 Å². The van der Waals surface area contributed by atoms with Gasteiger partial charge in [-0.2, -0.15) is 0 Å². The van der Waals surface area contributed by atoms with E-state index in [0.717, 1.165) is 16.7 Å². The number of halogens is 1. The molecule has 4 rings (SSSR count). The highest BCUT2D eigenvalue weighted by Gasteiger charge is 2.39. The van der Waals surface area contributed by atoms with Gasteiger partial charge in [-0.3, -0.25) is 14.6 Å². The SMILES string of the molecule is CCOC(=O)C1=C(CN2CCN(C(=O)c3ccccc3F)[C@@H](C)C2)N(C)C(=O)N[C@@H]1c1cc(C)ccc1C. The number of nitrogens with zero attached hydrogens (tertiary/aromatic N) is 3. The molecule has 2 aliphatic heterocycles. The summed E-state index contributed by atoms with van der Waals surface area (Å²) in [4.78, 5) is 44.7. The molecule has 2 aromatic carbocycles. The summed E-state index contributed by atoms with van der Waals surface area (Å²) in [6, 6.07) is 10.8. The van der Waals surface area contributed by atoms with Crippen molar-refractivity contribution in [1.82, 2.24) is 20.0 Å². The maximum atomic E-state index is 14.2. The second kappa shape index (κ2) is 11.3. The van der Waals surface area contributed by atoms with Gasteiger partial charge >= 0.3 is 12.0 Å². The van der Waals surface area contributed by atoms with E-state index in [4.69, 9.17) is 4.74 Å². The smallest absolute Gasteiger partial charge is 0.338 e. The third-order valence-corrected chi connectivity index (χ3v) is 7.27. The van der Waals surface area contributed by atoms with Crippen molar-refractivity contribution in [1.29, 1.82) is 0 Å². The number of carbonyl (C=O) groups excluding carboxylic acids is 3. The number of ether oxygens (including phenoxy) is 1. The summed E-state index contributed by atoms with van der Waals surface area (Å²) in [5.74, 6) is -1.35. The molecule has 0 spiro atoms. The van der Waals surface area contributed by atoms with Gasteiger partial charge in [0.15, 0.2) is 0 Å². The Morgan fingerprint density at radius 1 is 1.13 bits per heavy atom. The Kier molecular flexibility index (Phi) is 8.16. The zero-order valence-electron chi connectivity index (χ0n) is 22.6. The molecule has 2 heterocycles. The molecule has 38 heavy (non-hydrogen) atoms. The van der Waals surface area contributed by atoms with Crippen LogP contribution in [0.25, 0.3) is 0 Å². The normalized spacial score (nSPS) is 20.4. The molecule has 8 nitrogen and oxygen atoms in total. The van der Waals surface area contributed by atoms with Gasteiger partial charge in [-0.25, -0.2) is 14.0 Å². The largest absolute Gasteiger partial charge is 0.463 e. The first-order valence-electron chi connectivity index (χ1n) is 12.9. The number of nitrogens with one attached hydrogen (secondary N) is 1. The quantitative estimate of drug-likeness (QED) is 0.584. The van der Waals surface area contributed by atoms with Crippen LogP contribution in [0.3, 0.4) is 0 Å². The minimum absolute atomic E-state index is 0.0557. The van der Waals surface area contributed by atoms with Crippen LogP contribution >= 0.6 is 0 Å². The second-order valence-corrected chi connectivity index (χ2v) is 9.94. The first kappa shape index (κ1) is 27.3. The van der Waals surface area contributed by atoms with E-state index in [1.807, 2.05) is 39.0 Å². The minimum Gasteiger partial charge on any atom is -0.463 e. The number of aryl methyl sites for hydroxylation is 2. The summed E-state index contributed by atoms with van der Waals surface area (Å²) in [7, 11) is 1.64. The molecule has 0 aromatic heterocycles. The molecule has 0 bridgehead atoms. The van der Waals surface area contributed by atoms with Crippen molar-refractivity contribution in [2.75, 3.05) is 39.8 Å². The lowest BCUT2D eigenvalue weighted by Crippen LogP contribution is -2.56. The number of hydrogen-bond donors (Lipinski definition) is 1. The van der Waals surface area contributed by atoms with Gasteiger partial charge in [-0.15, -0.1) is 0 Å². The first-order chi connectivity index (χ1) is 18.1. The van der Waals surface area contributed by atoms with Gasteiger partial charge in [0.1, 0.15) is 5.82 Å². The van der Waals surface area contributed by atoms with Crippen molar-refractivity contribution in [3.8, 4) is 0 Å². The fraction of sp³-hybridized carbons (Fsp3) is 0.414. The Bertz CT molecular complexity index is 1280. The van der Waals surface area contributed by atoms with Crippen molar-refractivity contribution in [3.63, 3.8) is 0 Å². The van der Waals surface area contributed by atoms with Crippen LogP contribution in [0.5, 0.6) is 0 Å². The Hall–Kier alpha value is -3.72. The summed E-state index contributed by atoms with van der Waals surface area (Å²) < 4.78 is 19.7. The number of esters is 1. The number of benzene rings is 2. The zero-order chi connectivity index (χ0) is 27.6. The van der Waals surface area contributed by atoms with E-state index in [1.54, 1.807) is 31.0 Å². The van der Waals surface area contributed by atoms with E-state index in [9.17, 15) is 18.8 Å². The fourth-order valence-electron chi connectivity index (χ4n) is 5.18. The Labute approximate surface area is 223 Å². The van der Waals surface area contributed by atoms with Crippen LogP contribution in [0.15, 0.2) is 53.7 Å². The van der Waals surface area contributed by atoms with Gasteiger partial charge in [-0.1, -0.05) is 35.9 Å². The Morgan fingerprint density at radius 2 is 1.87 bits per heavy atom. The van der Waals surface area contributed by atoms with Gasteiger partial charge in [-0.05, 0) is 51.0 Å². The average molecular weight is 523 g/mol. The van der Waals surface area contributed by atoms with Crippen LogP contribution < -0.4 is 5.32 Å². The summed E-state index contributed by atoms with van der Waals surface area (Å²) in [6.45, 7) is 9.54. The second-order valence-electron chi connectivity index (χ2n) is 9.94. The van der Waals surface area contributed by atoms with E-state index in [-0.39, 0.29) is 30.2 Å². The van der Waals surface area contributed by atoms with Crippen molar-refractivity contribution in [2.24, 2.45) is 0 Å². The van der Waals surface area contributed by atoms with Gasteiger partial charge < -0.3 is 15.0 Å². The fourth-order valence-corrected chi connectivity index (χ4v) is 5.18. The predicted molar refractivity (Wildman–Crippen MR) is 142 cm³/mol. The molecule has 2 atom stereocenters. The van der Waals surface area contributed by atoms with E-state index < -0.39 is 17.8 Å².